The van der Waals surface area contributed by atoms with Crippen LogP contribution in [0.4, 0.5) is 0 Å². The van der Waals surface area contributed by atoms with E-state index >= 15 is 0 Å². The highest BCUT2D eigenvalue weighted by Gasteiger charge is 2.28. The van der Waals surface area contributed by atoms with E-state index in [2.05, 4.69) is 31.0 Å². The molecule has 16 heavy (non-hydrogen) atoms. The fraction of sp³-hybridized carbons (Fsp3) is 0.917. The number of rotatable bonds is 6. The zero-order valence-electron chi connectivity index (χ0n) is 10.7. The van der Waals surface area contributed by atoms with Crippen molar-refractivity contribution in [2.24, 2.45) is 0 Å². The topological polar surface area (TPSA) is 32.3 Å². The summed E-state index contributed by atoms with van der Waals surface area (Å²) in [6.07, 6.45) is 3.29. The highest BCUT2D eigenvalue weighted by atomic mass is 32.2. The Balaban J connectivity index is 2.55. The zero-order chi connectivity index (χ0) is 12.0. The second-order valence-electron chi connectivity index (χ2n) is 4.41. The third-order valence-corrected chi connectivity index (χ3v) is 4.11. The van der Waals surface area contributed by atoms with Gasteiger partial charge in [-0.3, -0.25) is 10.1 Å². The van der Waals surface area contributed by atoms with Crippen LogP contribution in [-0.2, 0) is 4.79 Å². The maximum absolute atomic E-state index is 12.3. The van der Waals surface area contributed by atoms with Gasteiger partial charge in [-0.05, 0) is 19.8 Å². The SMILES string of the molecule is CCCCN(C(=O)C1CSCN1)C(C)CC. The van der Waals surface area contributed by atoms with Crippen molar-refractivity contribution in [1.29, 1.82) is 0 Å². The Kier molecular flexibility index (Phi) is 6.21. The molecule has 0 aromatic carbocycles. The lowest BCUT2D eigenvalue weighted by atomic mass is 10.1. The third-order valence-electron chi connectivity index (χ3n) is 3.17. The molecular weight excluding hydrogens is 220 g/mol. The van der Waals surface area contributed by atoms with Gasteiger partial charge in [-0.25, -0.2) is 0 Å². The van der Waals surface area contributed by atoms with Crippen molar-refractivity contribution < 1.29 is 4.79 Å². The highest BCUT2D eigenvalue weighted by Crippen LogP contribution is 2.15. The van der Waals surface area contributed by atoms with E-state index in [0.717, 1.165) is 37.4 Å². The van der Waals surface area contributed by atoms with Crippen molar-refractivity contribution in [1.82, 2.24) is 10.2 Å². The van der Waals surface area contributed by atoms with Crippen molar-refractivity contribution in [3.8, 4) is 0 Å². The second-order valence-corrected chi connectivity index (χ2v) is 5.44. The van der Waals surface area contributed by atoms with Gasteiger partial charge in [0.1, 0.15) is 0 Å². The number of carbonyl (C=O) groups is 1. The van der Waals surface area contributed by atoms with Crippen molar-refractivity contribution in [2.45, 2.75) is 52.1 Å². The molecule has 1 aliphatic heterocycles. The Bertz CT molecular complexity index is 217. The smallest absolute Gasteiger partial charge is 0.240 e. The lowest BCUT2D eigenvalue weighted by Crippen LogP contribution is -2.48. The Morgan fingerprint density at radius 2 is 2.31 bits per heavy atom. The second kappa shape index (κ2) is 7.17. The molecule has 2 atom stereocenters. The summed E-state index contributed by atoms with van der Waals surface area (Å²) in [6, 6.07) is 0.419. The molecule has 94 valence electrons. The summed E-state index contributed by atoms with van der Waals surface area (Å²) in [7, 11) is 0. The number of unbranched alkanes of at least 4 members (excludes halogenated alkanes) is 1. The Labute approximate surface area is 103 Å². The summed E-state index contributed by atoms with van der Waals surface area (Å²) in [5.41, 5.74) is 0. The van der Waals surface area contributed by atoms with E-state index < -0.39 is 0 Å². The molecule has 0 radical (unpaired) electrons. The van der Waals surface area contributed by atoms with Crippen molar-refractivity contribution in [3.63, 3.8) is 0 Å². The maximum Gasteiger partial charge on any atom is 0.240 e. The number of nitrogens with zero attached hydrogens (tertiary/aromatic N) is 1. The van der Waals surface area contributed by atoms with Gasteiger partial charge in [-0.1, -0.05) is 20.3 Å². The van der Waals surface area contributed by atoms with Gasteiger partial charge in [-0.2, -0.15) is 0 Å². The number of hydrogen-bond donors (Lipinski definition) is 1. The van der Waals surface area contributed by atoms with E-state index in [4.69, 9.17) is 0 Å². The molecule has 1 N–H and O–H groups in total. The molecule has 0 aromatic rings. The average molecular weight is 244 g/mol. The van der Waals surface area contributed by atoms with E-state index in [0.29, 0.717) is 11.9 Å². The fourth-order valence-electron chi connectivity index (χ4n) is 1.85. The van der Waals surface area contributed by atoms with Crippen molar-refractivity contribution in [2.75, 3.05) is 18.2 Å². The lowest BCUT2D eigenvalue weighted by molar-refractivity contribution is -0.134. The first-order valence-electron chi connectivity index (χ1n) is 6.32. The molecule has 3 nitrogen and oxygen atoms in total. The molecule has 2 unspecified atom stereocenters. The molecule has 1 fully saturated rings. The van der Waals surface area contributed by atoms with E-state index in [1.165, 1.54) is 0 Å². The standard InChI is InChI=1S/C12H24N2OS/c1-4-6-7-14(10(3)5-2)12(15)11-8-16-9-13-11/h10-11,13H,4-9H2,1-3H3. The van der Waals surface area contributed by atoms with Crippen LogP contribution in [0.2, 0.25) is 0 Å². The number of nitrogens with one attached hydrogen (secondary N) is 1. The molecule has 0 bridgehead atoms. The highest BCUT2D eigenvalue weighted by molar-refractivity contribution is 7.99. The largest absolute Gasteiger partial charge is 0.339 e. The first-order valence-corrected chi connectivity index (χ1v) is 7.47. The molecule has 0 saturated carbocycles. The third kappa shape index (κ3) is 3.67. The Morgan fingerprint density at radius 3 is 2.81 bits per heavy atom. The lowest BCUT2D eigenvalue weighted by Gasteiger charge is -2.30. The molecule has 1 saturated heterocycles. The van der Waals surface area contributed by atoms with Crippen LogP contribution in [0, 0.1) is 0 Å². The number of hydrogen-bond acceptors (Lipinski definition) is 3. The fourth-order valence-corrected chi connectivity index (χ4v) is 2.78. The average Bonchev–Trinajstić information content (AvgIpc) is 2.82. The molecular formula is C12H24N2OS. The van der Waals surface area contributed by atoms with Crippen LogP contribution in [-0.4, -0.2) is 41.1 Å². The molecule has 0 aromatic heterocycles. The van der Waals surface area contributed by atoms with Crippen LogP contribution in [0.3, 0.4) is 0 Å². The van der Waals surface area contributed by atoms with Gasteiger partial charge < -0.3 is 4.90 Å². The van der Waals surface area contributed by atoms with Gasteiger partial charge in [0.2, 0.25) is 5.91 Å². The van der Waals surface area contributed by atoms with E-state index in [1.54, 1.807) is 0 Å². The molecule has 1 aliphatic rings. The van der Waals surface area contributed by atoms with Crippen molar-refractivity contribution in [3.05, 3.63) is 0 Å². The first kappa shape index (κ1) is 13.8. The molecule has 0 aliphatic carbocycles. The molecule has 1 amide bonds. The van der Waals surface area contributed by atoms with Crippen LogP contribution >= 0.6 is 11.8 Å². The summed E-state index contributed by atoms with van der Waals surface area (Å²) >= 11 is 1.81. The minimum absolute atomic E-state index is 0.0517. The number of amides is 1. The van der Waals surface area contributed by atoms with Crippen LogP contribution in [0.15, 0.2) is 0 Å². The maximum atomic E-state index is 12.3. The predicted octanol–water partition coefficient (Wildman–Crippen LogP) is 2.08. The summed E-state index contributed by atoms with van der Waals surface area (Å²) in [5.74, 6) is 2.14. The van der Waals surface area contributed by atoms with E-state index in [-0.39, 0.29) is 6.04 Å². The summed E-state index contributed by atoms with van der Waals surface area (Å²) < 4.78 is 0. The summed E-state index contributed by atoms with van der Waals surface area (Å²) in [5, 5.41) is 3.26. The normalized spacial score (nSPS) is 22.1. The van der Waals surface area contributed by atoms with Crippen LogP contribution in [0.25, 0.3) is 0 Å². The monoisotopic (exact) mass is 244 g/mol. The Hall–Kier alpha value is -0.220. The first-order chi connectivity index (χ1) is 7.70. The summed E-state index contributed by atoms with van der Waals surface area (Å²) in [6.45, 7) is 7.37. The molecule has 0 spiro atoms. The van der Waals surface area contributed by atoms with Gasteiger partial charge in [0, 0.05) is 24.2 Å². The van der Waals surface area contributed by atoms with Crippen LogP contribution in [0.5, 0.6) is 0 Å². The van der Waals surface area contributed by atoms with Gasteiger partial charge >= 0.3 is 0 Å². The molecule has 1 rings (SSSR count). The minimum Gasteiger partial charge on any atom is -0.339 e. The van der Waals surface area contributed by atoms with Crippen LogP contribution in [0.1, 0.15) is 40.0 Å². The van der Waals surface area contributed by atoms with Crippen molar-refractivity contribution >= 4 is 17.7 Å². The van der Waals surface area contributed by atoms with Crippen LogP contribution < -0.4 is 5.32 Å². The number of carbonyl (C=O) groups excluding carboxylic acids is 1. The van der Waals surface area contributed by atoms with Gasteiger partial charge in [0.05, 0.1) is 6.04 Å². The van der Waals surface area contributed by atoms with Gasteiger partial charge in [0.15, 0.2) is 0 Å². The predicted molar refractivity (Wildman–Crippen MR) is 70.6 cm³/mol. The molecule has 4 heteroatoms. The quantitative estimate of drug-likeness (QED) is 0.776. The van der Waals surface area contributed by atoms with Gasteiger partial charge in [0.25, 0.3) is 0 Å². The summed E-state index contributed by atoms with van der Waals surface area (Å²) in [4.78, 5) is 14.4. The van der Waals surface area contributed by atoms with E-state index in [9.17, 15) is 4.79 Å². The molecule has 1 heterocycles. The van der Waals surface area contributed by atoms with E-state index in [1.807, 2.05) is 11.8 Å². The zero-order valence-corrected chi connectivity index (χ0v) is 11.5. The number of thioether (sulfide) groups is 1. The minimum atomic E-state index is 0.0517. The Morgan fingerprint density at radius 1 is 1.56 bits per heavy atom. The van der Waals surface area contributed by atoms with Gasteiger partial charge in [-0.15, -0.1) is 11.8 Å².